The molecule has 110 valence electrons. The number of hydrogen-bond donors (Lipinski definition) is 1. The van der Waals surface area contributed by atoms with Crippen molar-refractivity contribution in [3.8, 4) is 0 Å². The number of hydrogen-bond acceptors (Lipinski definition) is 5. The molecular formula is C14H26N2O3. The summed E-state index contributed by atoms with van der Waals surface area (Å²) in [6.07, 6.45) is 4.70. The maximum Gasteiger partial charge on any atom is 0.324 e. The molecule has 0 amide bonds. The van der Waals surface area contributed by atoms with Crippen LogP contribution in [0.25, 0.3) is 0 Å². The third-order valence-corrected chi connectivity index (χ3v) is 3.83. The standard InChI is InChI=1S/C14H26N2O3/c1-3-12-9-16(7-4-8-19-12)10-13(14(17)18-2)15-11-5-6-11/h11-13,15H,3-10H2,1-2H3. The van der Waals surface area contributed by atoms with E-state index in [1.54, 1.807) is 0 Å². The number of methoxy groups -OCH3 is 1. The van der Waals surface area contributed by atoms with Gasteiger partial charge < -0.3 is 14.8 Å². The summed E-state index contributed by atoms with van der Waals surface area (Å²) in [7, 11) is 1.46. The van der Waals surface area contributed by atoms with Crippen LogP contribution in [0.15, 0.2) is 0 Å². The summed E-state index contributed by atoms with van der Waals surface area (Å²) in [4.78, 5) is 14.2. The van der Waals surface area contributed by atoms with Crippen molar-refractivity contribution < 1.29 is 14.3 Å². The van der Waals surface area contributed by atoms with E-state index < -0.39 is 0 Å². The number of rotatable bonds is 6. The Labute approximate surface area is 115 Å². The molecule has 0 spiro atoms. The Morgan fingerprint density at radius 3 is 2.95 bits per heavy atom. The van der Waals surface area contributed by atoms with Gasteiger partial charge in [0.2, 0.25) is 0 Å². The fourth-order valence-corrected chi connectivity index (χ4v) is 2.51. The van der Waals surface area contributed by atoms with Gasteiger partial charge in [-0.05, 0) is 25.7 Å². The van der Waals surface area contributed by atoms with E-state index in [1.807, 2.05) is 0 Å². The van der Waals surface area contributed by atoms with Crippen molar-refractivity contribution in [3.05, 3.63) is 0 Å². The molecular weight excluding hydrogens is 244 g/mol. The summed E-state index contributed by atoms with van der Waals surface area (Å²) in [5.74, 6) is -0.148. The van der Waals surface area contributed by atoms with E-state index in [-0.39, 0.29) is 12.0 Å². The molecule has 1 aliphatic heterocycles. The van der Waals surface area contributed by atoms with Gasteiger partial charge in [0.1, 0.15) is 6.04 Å². The number of nitrogens with zero attached hydrogens (tertiary/aromatic N) is 1. The van der Waals surface area contributed by atoms with Gasteiger partial charge in [0.25, 0.3) is 0 Å². The average molecular weight is 270 g/mol. The van der Waals surface area contributed by atoms with Gasteiger partial charge in [-0.15, -0.1) is 0 Å². The van der Waals surface area contributed by atoms with Gasteiger partial charge in [-0.1, -0.05) is 6.92 Å². The maximum absolute atomic E-state index is 11.8. The molecule has 0 bridgehead atoms. The van der Waals surface area contributed by atoms with Crippen LogP contribution < -0.4 is 5.32 Å². The second-order valence-corrected chi connectivity index (χ2v) is 5.53. The minimum atomic E-state index is -0.201. The van der Waals surface area contributed by atoms with E-state index in [0.29, 0.717) is 12.1 Å². The summed E-state index contributed by atoms with van der Waals surface area (Å²) in [6.45, 7) is 5.61. The molecule has 5 heteroatoms. The second-order valence-electron chi connectivity index (χ2n) is 5.53. The zero-order valence-electron chi connectivity index (χ0n) is 12.1. The molecule has 0 aromatic rings. The topological polar surface area (TPSA) is 50.8 Å². The van der Waals surface area contributed by atoms with Crippen LogP contribution in [-0.2, 0) is 14.3 Å². The van der Waals surface area contributed by atoms with Crippen molar-refractivity contribution in [3.63, 3.8) is 0 Å². The molecule has 1 aliphatic carbocycles. The number of nitrogens with one attached hydrogen (secondary N) is 1. The van der Waals surface area contributed by atoms with Crippen LogP contribution >= 0.6 is 0 Å². The van der Waals surface area contributed by atoms with Crippen LogP contribution in [0.2, 0.25) is 0 Å². The number of esters is 1. The summed E-state index contributed by atoms with van der Waals surface area (Å²) in [5, 5.41) is 3.39. The van der Waals surface area contributed by atoms with Crippen molar-refractivity contribution in [1.82, 2.24) is 10.2 Å². The van der Waals surface area contributed by atoms with Crippen LogP contribution in [0, 0.1) is 0 Å². The van der Waals surface area contributed by atoms with Crippen LogP contribution in [0.3, 0.4) is 0 Å². The van der Waals surface area contributed by atoms with E-state index in [0.717, 1.165) is 39.1 Å². The quantitative estimate of drug-likeness (QED) is 0.723. The van der Waals surface area contributed by atoms with Gasteiger partial charge >= 0.3 is 5.97 Å². The summed E-state index contributed by atoms with van der Waals surface area (Å²) < 4.78 is 10.7. The first kappa shape index (κ1) is 14.8. The molecule has 19 heavy (non-hydrogen) atoms. The fraction of sp³-hybridized carbons (Fsp3) is 0.929. The lowest BCUT2D eigenvalue weighted by Crippen LogP contribution is -2.48. The highest BCUT2D eigenvalue weighted by Gasteiger charge is 2.31. The van der Waals surface area contributed by atoms with Crippen molar-refractivity contribution in [2.45, 2.75) is 50.8 Å². The van der Waals surface area contributed by atoms with Crippen LogP contribution in [0.5, 0.6) is 0 Å². The van der Waals surface area contributed by atoms with Gasteiger partial charge in [-0.25, -0.2) is 0 Å². The smallest absolute Gasteiger partial charge is 0.324 e. The minimum absolute atomic E-state index is 0.148. The van der Waals surface area contributed by atoms with Gasteiger partial charge in [0.15, 0.2) is 0 Å². The largest absolute Gasteiger partial charge is 0.468 e. The molecule has 1 saturated carbocycles. The van der Waals surface area contributed by atoms with Gasteiger partial charge in [0.05, 0.1) is 13.2 Å². The summed E-state index contributed by atoms with van der Waals surface area (Å²) in [5.41, 5.74) is 0. The maximum atomic E-state index is 11.8. The summed E-state index contributed by atoms with van der Waals surface area (Å²) in [6, 6.07) is 0.308. The predicted octanol–water partition coefficient (Wildman–Crippen LogP) is 0.781. The molecule has 1 heterocycles. The molecule has 2 atom stereocenters. The number of carbonyl (C=O) groups is 1. The van der Waals surface area contributed by atoms with E-state index >= 15 is 0 Å². The number of ether oxygens (including phenoxy) is 2. The molecule has 0 radical (unpaired) electrons. The van der Waals surface area contributed by atoms with Gasteiger partial charge in [0, 0.05) is 32.3 Å². The molecule has 0 aromatic heterocycles. The summed E-state index contributed by atoms with van der Waals surface area (Å²) >= 11 is 0. The third kappa shape index (κ3) is 4.75. The first-order valence-corrected chi connectivity index (χ1v) is 7.40. The second kappa shape index (κ2) is 7.22. The van der Waals surface area contributed by atoms with Crippen molar-refractivity contribution >= 4 is 5.97 Å². The Hall–Kier alpha value is -0.650. The van der Waals surface area contributed by atoms with E-state index in [2.05, 4.69) is 17.1 Å². The Kier molecular flexibility index (Phi) is 5.60. The van der Waals surface area contributed by atoms with E-state index in [1.165, 1.54) is 20.0 Å². The Balaban J connectivity index is 1.88. The monoisotopic (exact) mass is 270 g/mol. The third-order valence-electron chi connectivity index (χ3n) is 3.83. The first-order valence-electron chi connectivity index (χ1n) is 7.40. The van der Waals surface area contributed by atoms with Gasteiger partial charge in [-0.3, -0.25) is 9.69 Å². The van der Waals surface area contributed by atoms with Gasteiger partial charge in [-0.2, -0.15) is 0 Å². The predicted molar refractivity (Wildman–Crippen MR) is 73.0 cm³/mol. The molecule has 2 unspecified atom stereocenters. The Bertz CT molecular complexity index is 294. The Morgan fingerprint density at radius 1 is 1.53 bits per heavy atom. The molecule has 5 nitrogen and oxygen atoms in total. The molecule has 2 aliphatic rings. The lowest BCUT2D eigenvalue weighted by molar-refractivity contribution is -0.143. The van der Waals surface area contributed by atoms with Crippen molar-refractivity contribution in [1.29, 1.82) is 0 Å². The lowest BCUT2D eigenvalue weighted by Gasteiger charge is -2.27. The first-order chi connectivity index (χ1) is 9.22. The van der Waals surface area contributed by atoms with E-state index in [4.69, 9.17) is 9.47 Å². The lowest BCUT2D eigenvalue weighted by atomic mass is 10.2. The van der Waals surface area contributed by atoms with E-state index in [9.17, 15) is 4.79 Å². The fourth-order valence-electron chi connectivity index (χ4n) is 2.51. The SMILES string of the molecule is CCC1CN(CC(NC2CC2)C(=O)OC)CCCO1. The van der Waals surface area contributed by atoms with Crippen LogP contribution in [0.4, 0.5) is 0 Å². The average Bonchev–Trinajstić information content (AvgIpc) is 3.24. The van der Waals surface area contributed by atoms with Crippen molar-refractivity contribution in [2.24, 2.45) is 0 Å². The zero-order valence-corrected chi connectivity index (χ0v) is 12.1. The molecule has 1 saturated heterocycles. The van der Waals surface area contributed by atoms with Crippen LogP contribution in [0.1, 0.15) is 32.6 Å². The zero-order chi connectivity index (χ0) is 13.7. The molecule has 2 rings (SSSR count). The molecule has 0 aromatic carbocycles. The Morgan fingerprint density at radius 2 is 2.32 bits per heavy atom. The minimum Gasteiger partial charge on any atom is -0.468 e. The number of carbonyl (C=O) groups excluding carboxylic acids is 1. The van der Waals surface area contributed by atoms with Crippen molar-refractivity contribution in [2.75, 3.05) is 33.4 Å². The highest BCUT2D eigenvalue weighted by atomic mass is 16.5. The normalized spacial score (nSPS) is 26.7. The highest BCUT2D eigenvalue weighted by molar-refractivity contribution is 5.76. The molecule has 1 N–H and O–H groups in total. The van der Waals surface area contributed by atoms with Crippen LogP contribution in [-0.4, -0.2) is 62.4 Å². The molecule has 2 fully saturated rings. The highest BCUT2D eigenvalue weighted by Crippen LogP contribution is 2.20.